The van der Waals surface area contributed by atoms with Gasteiger partial charge in [-0.05, 0) is 25.1 Å². The molecule has 0 spiro atoms. The minimum atomic E-state index is -0.249. The number of hydrogen-bond donors (Lipinski definition) is 2. The Morgan fingerprint density at radius 1 is 1.23 bits per heavy atom. The predicted octanol–water partition coefficient (Wildman–Crippen LogP) is 1.87. The zero-order chi connectivity index (χ0) is 18.4. The van der Waals surface area contributed by atoms with E-state index in [0.29, 0.717) is 23.1 Å². The molecule has 3 heterocycles. The van der Waals surface area contributed by atoms with Gasteiger partial charge in [-0.1, -0.05) is 5.16 Å². The number of anilines is 2. The Bertz CT molecular complexity index is 876. The highest BCUT2D eigenvalue weighted by Crippen LogP contribution is 2.11. The molecule has 3 rings (SSSR count). The molecule has 0 unspecified atom stereocenters. The van der Waals surface area contributed by atoms with Crippen molar-refractivity contribution in [3.05, 3.63) is 48.6 Å². The van der Waals surface area contributed by atoms with E-state index in [1.54, 1.807) is 54.5 Å². The quantitative estimate of drug-likeness (QED) is 0.650. The molecule has 3 aromatic rings. The summed E-state index contributed by atoms with van der Waals surface area (Å²) >= 11 is 1.20. The molecule has 0 aliphatic heterocycles. The summed E-state index contributed by atoms with van der Waals surface area (Å²) in [5.41, 5.74) is 0.578. The number of rotatable bonds is 7. The van der Waals surface area contributed by atoms with Crippen molar-refractivity contribution in [1.82, 2.24) is 19.9 Å². The molecular weight excluding hydrogens is 356 g/mol. The van der Waals surface area contributed by atoms with Crippen LogP contribution >= 0.6 is 11.8 Å². The van der Waals surface area contributed by atoms with Gasteiger partial charge in [0.1, 0.15) is 5.76 Å². The lowest BCUT2D eigenvalue weighted by Crippen LogP contribution is -2.18. The maximum absolute atomic E-state index is 11.9. The van der Waals surface area contributed by atoms with Gasteiger partial charge in [0.25, 0.3) is 0 Å². The van der Waals surface area contributed by atoms with Crippen molar-refractivity contribution in [3.8, 4) is 5.82 Å². The van der Waals surface area contributed by atoms with Gasteiger partial charge in [-0.3, -0.25) is 9.59 Å². The zero-order valence-corrected chi connectivity index (χ0v) is 14.7. The van der Waals surface area contributed by atoms with Gasteiger partial charge in [-0.25, -0.2) is 9.67 Å². The smallest absolute Gasteiger partial charge is 0.235 e. The van der Waals surface area contributed by atoms with Crippen LogP contribution in [0.5, 0.6) is 0 Å². The molecule has 2 N–H and O–H groups in total. The molecule has 26 heavy (non-hydrogen) atoms. The first kappa shape index (κ1) is 17.7. The van der Waals surface area contributed by atoms with E-state index in [4.69, 9.17) is 4.52 Å². The molecule has 0 fully saturated rings. The SMILES string of the molecule is Cc1cc(NC(=O)CSCC(=O)Nc2ccc(-n3cccn3)nc2)no1. The summed E-state index contributed by atoms with van der Waals surface area (Å²) in [5.74, 6) is 1.44. The van der Waals surface area contributed by atoms with Crippen LogP contribution in [0.15, 0.2) is 47.4 Å². The number of aryl methyl sites for hydroxylation is 1. The summed E-state index contributed by atoms with van der Waals surface area (Å²) in [5, 5.41) is 13.1. The van der Waals surface area contributed by atoms with E-state index in [0.717, 1.165) is 0 Å². The molecule has 0 bridgehead atoms. The second kappa shape index (κ2) is 8.30. The third-order valence-electron chi connectivity index (χ3n) is 3.13. The molecule has 0 aliphatic rings. The van der Waals surface area contributed by atoms with Crippen LogP contribution in [0.4, 0.5) is 11.5 Å². The normalized spacial score (nSPS) is 10.5. The number of carbonyl (C=O) groups is 2. The third kappa shape index (κ3) is 4.93. The van der Waals surface area contributed by atoms with Gasteiger partial charge in [0.15, 0.2) is 11.6 Å². The molecular formula is C16H16N6O3S. The number of pyridine rings is 1. The summed E-state index contributed by atoms with van der Waals surface area (Å²) in [6, 6.07) is 6.92. The van der Waals surface area contributed by atoms with Crippen LogP contribution < -0.4 is 10.6 Å². The molecule has 0 aliphatic carbocycles. The summed E-state index contributed by atoms with van der Waals surface area (Å²) in [6.45, 7) is 1.73. The maximum atomic E-state index is 11.9. The molecule has 134 valence electrons. The predicted molar refractivity (Wildman–Crippen MR) is 97.2 cm³/mol. The highest BCUT2D eigenvalue weighted by Gasteiger charge is 2.09. The maximum Gasteiger partial charge on any atom is 0.235 e. The van der Waals surface area contributed by atoms with Crippen LogP contribution in [0.3, 0.4) is 0 Å². The second-order valence-corrected chi connectivity index (χ2v) is 6.25. The molecule has 0 saturated carbocycles. The van der Waals surface area contributed by atoms with Crippen molar-refractivity contribution in [1.29, 1.82) is 0 Å². The molecule has 10 heteroatoms. The van der Waals surface area contributed by atoms with Gasteiger partial charge < -0.3 is 15.2 Å². The Morgan fingerprint density at radius 3 is 2.65 bits per heavy atom. The fraction of sp³-hybridized carbons (Fsp3) is 0.188. The standard InChI is InChI=1S/C16H16N6O3S/c1-11-7-13(21-25-11)20-16(24)10-26-9-15(23)19-12-3-4-14(17-8-12)22-6-2-5-18-22/h2-8H,9-10H2,1H3,(H,19,23)(H,20,21,24). The van der Waals surface area contributed by atoms with E-state index in [2.05, 4.69) is 25.9 Å². The van der Waals surface area contributed by atoms with Crippen LogP contribution in [0.1, 0.15) is 5.76 Å². The van der Waals surface area contributed by atoms with E-state index in [-0.39, 0.29) is 23.3 Å². The third-order valence-corrected chi connectivity index (χ3v) is 4.07. The minimum absolute atomic E-state index is 0.135. The Balaban J connectivity index is 1.40. The van der Waals surface area contributed by atoms with Crippen molar-refractivity contribution in [2.75, 3.05) is 22.1 Å². The average Bonchev–Trinajstić information content (AvgIpc) is 3.27. The summed E-state index contributed by atoms with van der Waals surface area (Å²) in [6.07, 6.45) is 5.00. The number of nitrogens with one attached hydrogen (secondary N) is 2. The van der Waals surface area contributed by atoms with Gasteiger partial charge in [-0.2, -0.15) is 5.10 Å². The fourth-order valence-corrected chi connectivity index (χ4v) is 2.65. The van der Waals surface area contributed by atoms with Gasteiger partial charge in [-0.15, -0.1) is 11.8 Å². The zero-order valence-electron chi connectivity index (χ0n) is 13.9. The fourth-order valence-electron chi connectivity index (χ4n) is 2.04. The highest BCUT2D eigenvalue weighted by molar-refractivity contribution is 8.00. The van der Waals surface area contributed by atoms with Crippen molar-refractivity contribution in [2.24, 2.45) is 0 Å². The molecule has 0 aromatic carbocycles. The topological polar surface area (TPSA) is 115 Å². The highest BCUT2D eigenvalue weighted by atomic mass is 32.2. The van der Waals surface area contributed by atoms with E-state index in [1.807, 2.05) is 0 Å². The number of nitrogens with zero attached hydrogens (tertiary/aromatic N) is 4. The van der Waals surface area contributed by atoms with Gasteiger partial charge in [0.2, 0.25) is 11.8 Å². The van der Waals surface area contributed by atoms with Crippen molar-refractivity contribution >= 4 is 35.1 Å². The van der Waals surface area contributed by atoms with E-state index in [9.17, 15) is 9.59 Å². The van der Waals surface area contributed by atoms with Crippen LogP contribution in [-0.2, 0) is 9.59 Å². The van der Waals surface area contributed by atoms with Gasteiger partial charge >= 0.3 is 0 Å². The first-order chi connectivity index (χ1) is 12.6. The lowest BCUT2D eigenvalue weighted by atomic mass is 10.4. The van der Waals surface area contributed by atoms with Crippen molar-refractivity contribution in [3.63, 3.8) is 0 Å². The van der Waals surface area contributed by atoms with Gasteiger partial charge in [0, 0.05) is 18.5 Å². The van der Waals surface area contributed by atoms with Gasteiger partial charge in [0.05, 0.1) is 23.4 Å². The monoisotopic (exact) mass is 372 g/mol. The molecule has 0 radical (unpaired) electrons. The Kier molecular flexibility index (Phi) is 5.64. The lowest BCUT2D eigenvalue weighted by molar-refractivity contribution is -0.114. The average molecular weight is 372 g/mol. The minimum Gasteiger partial charge on any atom is -0.360 e. The lowest BCUT2D eigenvalue weighted by Gasteiger charge is -2.06. The van der Waals surface area contributed by atoms with E-state index < -0.39 is 0 Å². The van der Waals surface area contributed by atoms with E-state index in [1.165, 1.54) is 11.8 Å². The number of aromatic nitrogens is 4. The van der Waals surface area contributed by atoms with Crippen LogP contribution in [0, 0.1) is 6.92 Å². The number of carbonyl (C=O) groups excluding carboxylic acids is 2. The molecule has 0 atom stereocenters. The first-order valence-corrected chi connectivity index (χ1v) is 8.82. The van der Waals surface area contributed by atoms with Crippen LogP contribution in [0.25, 0.3) is 5.82 Å². The van der Waals surface area contributed by atoms with Crippen LogP contribution in [-0.4, -0.2) is 43.2 Å². The first-order valence-electron chi connectivity index (χ1n) is 7.67. The van der Waals surface area contributed by atoms with Crippen molar-refractivity contribution < 1.29 is 14.1 Å². The van der Waals surface area contributed by atoms with Crippen LogP contribution in [0.2, 0.25) is 0 Å². The second-order valence-electron chi connectivity index (χ2n) is 5.27. The summed E-state index contributed by atoms with van der Waals surface area (Å²) in [4.78, 5) is 27.9. The Hall–Kier alpha value is -3.14. The number of amides is 2. The molecule has 0 saturated heterocycles. The Morgan fingerprint density at radius 2 is 2.04 bits per heavy atom. The largest absolute Gasteiger partial charge is 0.360 e. The summed E-state index contributed by atoms with van der Waals surface area (Å²) in [7, 11) is 0. The number of hydrogen-bond acceptors (Lipinski definition) is 7. The number of thioether (sulfide) groups is 1. The van der Waals surface area contributed by atoms with Crippen molar-refractivity contribution in [2.45, 2.75) is 6.92 Å². The molecule has 2 amide bonds. The van der Waals surface area contributed by atoms with E-state index >= 15 is 0 Å². The molecule has 3 aromatic heterocycles. The Labute approximate surface area is 153 Å². The molecule has 9 nitrogen and oxygen atoms in total. The summed E-state index contributed by atoms with van der Waals surface area (Å²) < 4.78 is 6.48.